The van der Waals surface area contributed by atoms with Gasteiger partial charge in [-0.1, -0.05) is 29.8 Å². The van der Waals surface area contributed by atoms with Crippen molar-refractivity contribution < 1.29 is 9.53 Å². The number of nitrogens with zero attached hydrogens (tertiary/aromatic N) is 1. The fraction of sp³-hybridized carbons (Fsp3) is 0.0588. The van der Waals surface area contributed by atoms with Crippen LogP contribution in [0.25, 0.3) is 6.08 Å². The molecule has 0 heterocycles. The number of ketones is 1. The highest BCUT2D eigenvalue weighted by Gasteiger charge is 2.13. The second kappa shape index (κ2) is 6.74. The second-order valence-electron chi connectivity index (χ2n) is 4.25. The first-order chi connectivity index (χ1) is 10.2. The molecule has 104 valence electrons. The molecule has 0 saturated heterocycles. The summed E-state index contributed by atoms with van der Waals surface area (Å²) >= 11 is 5.79. The van der Waals surface area contributed by atoms with Gasteiger partial charge in [-0.25, -0.2) is 0 Å². The number of carbonyl (C=O) groups is 1. The third-order valence-electron chi connectivity index (χ3n) is 2.91. The predicted molar refractivity (Wildman–Crippen MR) is 82.4 cm³/mol. The number of benzene rings is 2. The fourth-order valence-corrected chi connectivity index (χ4v) is 1.97. The van der Waals surface area contributed by atoms with Crippen LogP contribution >= 0.6 is 11.6 Å². The van der Waals surface area contributed by atoms with Crippen LogP contribution < -0.4 is 4.74 Å². The molecule has 2 aromatic rings. The first-order valence-electron chi connectivity index (χ1n) is 6.21. The normalized spacial score (nSPS) is 10.8. The largest absolute Gasteiger partial charge is 0.496 e. The number of Topliss-reactive ketones (excluding diaryl/α,β-unsaturated/α-hetero) is 1. The Balaban J connectivity index is 2.39. The molecule has 4 heteroatoms. The molecule has 2 rings (SSSR count). The molecule has 0 aromatic heterocycles. The zero-order valence-corrected chi connectivity index (χ0v) is 12.1. The number of halogens is 1. The molecule has 0 bridgehead atoms. The molecule has 0 N–H and O–H groups in total. The zero-order chi connectivity index (χ0) is 15.2. The van der Waals surface area contributed by atoms with E-state index in [1.807, 2.05) is 18.2 Å². The number of methoxy groups -OCH3 is 1. The number of nitriles is 1. The monoisotopic (exact) mass is 297 g/mol. The summed E-state index contributed by atoms with van der Waals surface area (Å²) in [5, 5.41) is 9.77. The lowest BCUT2D eigenvalue weighted by Gasteiger charge is -2.05. The summed E-state index contributed by atoms with van der Waals surface area (Å²) in [5.41, 5.74) is 1.14. The quantitative estimate of drug-likeness (QED) is 0.484. The maximum absolute atomic E-state index is 12.3. The van der Waals surface area contributed by atoms with Crippen molar-refractivity contribution in [1.82, 2.24) is 0 Å². The molecule has 0 fully saturated rings. The molecule has 0 aliphatic carbocycles. The van der Waals surface area contributed by atoms with Crippen molar-refractivity contribution in [3.8, 4) is 11.8 Å². The Morgan fingerprint density at radius 2 is 1.86 bits per heavy atom. The van der Waals surface area contributed by atoms with Crippen LogP contribution in [0.2, 0.25) is 5.02 Å². The van der Waals surface area contributed by atoms with E-state index in [1.165, 1.54) is 6.08 Å². The molecular weight excluding hydrogens is 286 g/mol. The van der Waals surface area contributed by atoms with E-state index in [2.05, 4.69) is 0 Å². The van der Waals surface area contributed by atoms with E-state index in [9.17, 15) is 10.1 Å². The van der Waals surface area contributed by atoms with E-state index in [0.29, 0.717) is 21.9 Å². The zero-order valence-electron chi connectivity index (χ0n) is 11.3. The van der Waals surface area contributed by atoms with Crippen molar-refractivity contribution in [2.45, 2.75) is 0 Å². The maximum atomic E-state index is 12.3. The van der Waals surface area contributed by atoms with E-state index in [-0.39, 0.29) is 11.4 Å². The fourth-order valence-electron chi connectivity index (χ4n) is 1.85. The molecular formula is C17H12ClNO2. The molecule has 0 radical (unpaired) electrons. The van der Waals surface area contributed by atoms with E-state index in [4.69, 9.17) is 16.3 Å². The molecule has 0 unspecified atom stereocenters. The minimum atomic E-state index is -0.347. The minimum absolute atomic E-state index is 0.0434. The van der Waals surface area contributed by atoms with Gasteiger partial charge in [0, 0.05) is 16.1 Å². The number of allylic oxidation sites excluding steroid dienone is 1. The van der Waals surface area contributed by atoms with Crippen LogP contribution in [0.3, 0.4) is 0 Å². The van der Waals surface area contributed by atoms with Crippen LogP contribution in [0.5, 0.6) is 5.75 Å². The SMILES string of the molecule is COc1ccccc1/C=C(\C#N)C(=O)c1ccc(Cl)cc1. The van der Waals surface area contributed by atoms with Crippen LogP contribution in [0.1, 0.15) is 15.9 Å². The Hall–Kier alpha value is -2.57. The Morgan fingerprint density at radius 3 is 2.48 bits per heavy atom. The molecule has 0 aliphatic heterocycles. The molecule has 0 saturated carbocycles. The maximum Gasteiger partial charge on any atom is 0.203 e. The summed E-state index contributed by atoms with van der Waals surface area (Å²) in [5.74, 6) is 0.259. The second-order valence-corrected chi connectivity index (χ2v) is 4.68. The number of ether oxygens (including phenoxy) is 1. The summed E-state index contributed by atoms with van der Waals surface area (Å²) in [6.45, 7) is 0. The third kappa shape index (κ3) is 3.50. The van der Waals surface area contributed by atoms with E-state index in [1.54, 1.807) is 43.5 Å². The van der Waals surface area contributed by atoms with Crippen LogP contribution in [-0.2, 0) is 0 Å². The standard InChI is InChI=1S/C17H12ClNO2/c1-21-16-5-3-2-4-13(16)10-14(11-19)17(20)12-6-8-15(18)9-7-12/h2-10H,1H3/b14-10+. The van der Waals surface area contributed by atoms with E-state index < -0.39 is 0 Å². The van der Waals surface area contributed by atoms with Crippen molar-refractivity contribution in [1.29, 1.82) is 5.26 Å². The van der Waals surface area contributed by atoms with E-state index in [0.717, 1.165) is 0 Å². The first kappa shape index (κ1) is 14.8. The van der Waals surface area contributed by atoms with Gasteiger partial charge in [-0.2, -0.15) is 5.26 Å². The molecule has 0 aliphatic rings. The van der Waals surface area contributed by atoms with Gasteiger partial charge in [0.2, 0.25) is 5.78 Å². The lowest BCUT2D eigenvalue weighted by Crippen LogP contribution is -2.01. The van der Waals surface area contributed by atoms with Gasteiger partial charge in [-0.3, -0.25) is 4.79 Å². The summed E-state index contributed by atoms with van der Waals surface area (Å²) in [7, 11) is 1.54. The first-order valence-corrected chi connectivity index (χ1v) is 6.58. The van der Waals surface area contributed by atoms with Gasteiger partial charge in [0.25, 0.3) is 0 Å². The summed E-state index contributed by atoms with van der Waals surface area (Å²) in [6.07, 6.45) is 1.52. The van der Waals surface area contributed by atoms with Gasteiger partial charge in [0.05, 0.1) is 7.11 Å². The molecule has 3 nitrogen and oxygen atoms in total. The van der Waals surface area contributed by atoms with Crippen molar-refractivity contribution >= 4 is 23.5 Å². The molecule has 21 heavy (non-hydrogen) atoms. The number of carbonyl (C=O) groups excluding carboxylic acids is 1. The highest BCUT2D eigenvalue weighted by Crippen LogP contribution is 2.22. The van der Waals surface area contributed by atoms with Gasteiger partial charge >= 0.3 is 0 Å². The van der Waals surface area contributed by atoms with Crippen molar-refractivity contribution in [2.24, 2.45) is 0 Å². The van der Waals surface area contributed by atoms with Crippen molar-refractivity contribution in [2.75, 3.05) is 7.11 Å². The van der Waals surface area contributed by atoms with Crippen LogP contribution in [0.4, 0.5) is 0 Å². The van der Waals surface area contributed by atoms with Gasteiger partial charge in [0.1, 0.15) is 17.4 Å². The van der Waals surface area contributed by atoms with Crippen molar-refractivity contribution in [3.63, 3.8) is 0 Å². The average molecular weight is 298 g/mol. The number of hydrogen-bond donors (Lipinski definition) is 0. The molecule has 0 spiro atoms. The Bertz CT molecular complexity index is 727. The predicted octanol–water partition coefficient (Wildman–Crippen LogP) is 4.14. The van der Waals surface area contributed by atoms with Gasteiger partial charge in [-0.05, 0) is 36.4 Å². The topological polar surface area (TPSA) is 50.1 Å². The smallest absolute Gasteiger partial charge is 0.203 e. The van der Waals surface area contributed by atoms with Crippen LogP contribution in [0, 0.1) is 11.3 Å². The van der Waals surface area contributed by atoms with E-state index >= 15 is 0 Å². The molecule has 0 atom stereocenters. The Morgan fingerprint density at radius 1 is 1.19 bits per heavy atom. The number of hydrogen-bond acceptors (Lipinski definition) is 3. The highest BCUT2D eigenvalue weighted by atomic mass is 35.5. The van der Waals surface area contributed by atoms with Gasteiger partial charge < -0.3 is 4.74 Å². The van der Waals surface area contributed by atoms with Crippen LogP contribution in [0.15, 0.2) is 54.1 Å². The lowest BCUT2D eigenvalue weighted by molar-refractivity contribution is 0.104. The Labute approximate surface area is 128 Å². The minimum Gasteiger partial charge on any atom is -0.496 e. The van der Waals surface area contributed by atoms with Crippen molar-refractivity contribution in [3.05, 3.63) is 70.3 Å². The molecule has 2 aromatic carbocycles. The molecule has 0 amide bonds. The van der Waals surface area contributed by atoms with Gasteiger partial charge in [0.15, 0.2) is 0 Å². The highest BCUT2D eigenvalue weighted by molar-refractivity contribution is 6.30. The Kier molecular flexibility index (Phi) is 4.76. The lowest BCUT2D eigenvalue weighted by atomic mass is 10.0. The average Bonchev–Trinajstić information content (AvgIpc) is 2.53. The summed E-state index contributed by atoms with van der Waals surface area (Å²) < 4.78 is 5.21. The van der Waals surface area contributed by atoms with Gasteiger partial charge in [-0.15, -0.1) is 0 Å². The number of rotatable bonds is 4. The third-order valence-corrected chi connectivity index (χ3v) is 3.16. The summed E-state index contributed by atoms with van der Waals surface area (Å²) in [6, 6.07) is 15.6. The van der Waals surface area contributed by atoms with Crippen LogP contribution in [-0.4, -0.2) is 12.9 Å². The number of para-hydroxylation sites is 1. The summed E-state index contributed by atoms with van der Waals surface area (Å²) in [4.78, 5) is 12.3.